The van der Waals surface area contributed by atoms with Gasteiger partial charge < -0.3 is 0 Å². The summed E-state index contributed by atoms with van der Waals surface area (Å²) in [5.74, 6) is -19.2. The molecule has 1 aromatic carbocycles. The Labute approximate surface area is 126 Å². The maximum absolute atomic E-state index is 13.6. The largest absolute Gasteiger partial charge is 0.460 e. The van der Waals surface area contributed by atoms with E-state index in [0.29, 0.717) is 37.0 Å². The zero-order valence-electron chi connectivity index (χ0n) is 11.5. The van der Waals surface area contributed by atoms with Crippen LogP contribution in [0, 0.1) is 6.92 Å². The molecule has 0 nitrogen and oxygen atoms in total. The molecule has 0 atom stereocenters. The van der Waals surface area contributed by atoms with E-state index in [1.54, 1.807) is 0 Å². The number of rotatable bonds is 6. The van der Waals surface area contributed by atoms with Crippen molar-refractivity contribution in [1.82, 2.24) is 0 Å². The molecule has 0 bridgehead atoms. The second-order valence-corrected chi connectivity index (χ2v) is 4.87. The van der Waals surface area contributed by atoms with Crippen LogP contribution in [-0.4, -0.2) is 18.0 Å². The smallest absolute Gasteiger partial charge is 0.194 e. The van der Waals surface area contributed by atoms with Gasteiger partial charge in [-0.2, -0.15) is 39.5 Å². The fourth-order valence-corrected chi connectivity index (χ4v) is 1.77. The quantitative estimate of drug-likeness (QED) is 0.571. The first kappa shape index (κ1) is 19.6. The van der Waals surface area contributed by atoms with Crippen molar-refractivity contribution >= 4 is 0 Å². The van der Waals surface area contributed by atoms with Crippen LogP contribution < -0.4 is 0 Å². The fraction of sp³-hybridized carbons (Fsp3) is 0.500. The molecule has 23 heavy (non-hydrogen) atoms. The van der Waals surface area contributed by atoms with E-state index in [4.69, 9.17) is 0 Å². The van der Waals surface area contributed by atoms with E-state index in [1.165, 1.54) is 0 Å². The van der Waals surface area contributed by atoms with Crippen LogP contribution in [0.15, 0.2) is 24.3 Å². The van der Waals surface area contributed by atoms with Crippen LogP contribution in [0.5, 0.6) is 0 Å². The van der Waals surface area contributed by atoms with E-state index < -0.39 is 29.5 Å². The average Bonchev–Trinajstić information content (AvgIpc) is 2.44. The lowest BCUT2D eigenvalue weighted by molar-refractivity contribution is -0.399. The Balaban J connectivity index is 3.19. The molecule has 0 aromatic heterocycles. The summed E-state index contributed by atoms with van der Waals surface area (Å²) in [4.78, 5) is 0. The lowest BCUT2D eigenvalue weighted by Gasteiger charge is -2.33. The summed E-state index contributed by atoms with van der Waals surface area (Å²) in [6.45, 7) is 3.53. The Hall–Kier alpha value is -1.41. The minimum Gasteiger partial charge on any atom is -0.194 e. The first-order valence-corrected chi connectivity index (χ1v) is 6.38. The van der Waals surface area contributed by atoms with Gasteiger partial charge in [0.2, 0.25) is 0 Å². The molecule has 0 fully saturated rings. The lowest BCUT2D eigenvalue weighted by Crippen LogP contribution is -2.59. The molecule has 1 rings (SSSR count). The van der Waals surface area contributed by atoms with Crippen molar-refractivity contribution in [3.8, 4) is 0 Å². The lowest BCUT2D eigenvalue weighted by atomic mass is 9.95. The molecule has 0 saturated heterocycles. The number of alkyl halides is 9. The van der Waals surface area contributed by atoms with Crippen molar-refractivity contribution in [2.24, 2.45) is 0 Å². The summed E-state index contributed by atoms with van der Waals surface area (Å²) >= 11 is 0. The van der Waals surface area contributed by atoms with Gasteiger partial charge in [0.25, 0.3) is 0 Å². The Morgan fingerprint density at radius 2 is 1.22 bits per heavy atom. The number of halogens is 9. The number of hydrogen-bond acceptors (Lipinski definition) is 0. The molecule has 0 N–H and O–H groups in total. The standard InChI is InChI=1S/C14H12F9/c1-2-3-4-9-5-7-10(8-6-9)11(15,16)12(17,18)13(19,20)14(21,22)23/h5-8H,1-4H2. The van der Waals surface area contributed by atoms with E-state index in [9.17, 15) is 39.5 Å². The van der Waals surface area contributed by atoms with Gasteiger partial charge in [-0.1, -0.05) is 37.6 Å². The molecule has 1 radical (unpaired) electrons. The highest BCUT2D eigenvalue weighted by Gasteiger charge is 2.81. The zero-order chi connectivity index (χ0) is 18.1. The van der Waals surface area contributed by atoms with Gasteiger partial charge in [0, 0.05) is 5.56 Å². The normalized spacial score (nSPS) is 14.2. The average molecular weight is 351 g/mol. The van der Waals surface area contributed by atoms with E-state index in [1.807, 2.05) is 0 Å². The van der Waals surface area contributed by atoms with Crippen LogP contribution in [0.2, 0.25) is 0 Å². The molecule has 0 saturated carbocycles. The third-order valence-electron chi connectivity index (χ3n) is 3.18. The maximum Gasteiger partial charge on any atom is 0.460 e. The van der Waals surface area contributed by atoms with E-state index in [0.717, 1.165) is 12.1 Å². The van der Waals surface area contributed by atoms with Crippen molar-refractivity contribution in [3.63, 3.8) is 0 Å². The van der Waals surface area contributed by atoms with Crippen LogP contribution in [0.4, 0.5) is 39.5 Å². The minimum absolute atomic E-state index is 0.379. The Kier molecular flexibility index (Phi) is 5.33. The van der Waals surface area contributed by atoms with Crippen LogP contribution in [0.1, 0.15) is 24.0 Å². The van der Waals surface area contributed by atoms with Gasteiger partial charge in [-0.3, -0.25) is 0 Å². The molecule has 0 aliphatic rings. The molecule has 0 unspecified atom stereocenters. The Morgan fingerprint density at radius 1 is 0.739 bits per heavy atom. The second kappa shape index (κ2) is 6.24. The number of aryl methyl sites for hydroxylation is 1. The van der Waals surface area contributed by atoms with Crippen molar-refractivity contribution in [1.29, 1.82) is 0 Å². The number of unbranched alkanes of at least 4 members (excludes halogenated alkanes) is 1. The molecule has 0 heterocycles. The number of benzene rings is 1. The summed E-state index contributed by atoms with van der Waals surface area (Å²) < 4.78 is 115. The van der Waals surface area contributed by atoms with Crippen molar-refractivity contribution in [2.45, 2.75) is 43.2 Å². The van der Waals surface area contributed by atoms with E-state index in [-0.39, 0.29) is 0 Å². The van der Waals surface area contributed by atoms with Gasteiger partial charge >= 0.3 is 23.9 Å². The predicted octanol–water partition coefficient (Wildman–Crippen LogP) is 5.77. The van der Waals surface area contributed by atoms with E-state index >= 15 is 0 Å². The molecular formula is C14H12F9. The summed E-state index contributed by atoms with van der Waals surface area (Å²) in [5, 5.41) is 0. The fourth-order valence-electron chi connectivity index (χ4n) is 1.77. The third kappa shape index (κ3) is 3.42. The zero-order valence-corrected chi connectivity index (χ0v) is 11.5. The van der Waals surface area contributed by atoms with Crippen molar-refractivity contribution < 1.29 is 39.5 Å². The van der Waals surface area contributed by atoms with Crippen LogP contribution in [0.3, 0.4) is 0 Å². The van der Waals surface area contributed by atoms with Crippen LogP contribution in [-0.2, 0) is 12.3 Å². The SMILES string of the molecule is [CH2]CCCc1ccc(C(F)(F)C(F)(F)C(F)(F)C(F)(F)F)cc1. The predicted molar refractivity (Wildman–Crippen MR) is 64.6 cm³/mol. The Bertz CT molecular complexity index is 514. The first-order valence-electron chi connectivity index (χ1n) is 6.38. The molecule has 9 heteroatoms. The van der Waals surface area contributed by atoms with Crippen LogP contribution in [0.25, 0.3) is 0 Å². The van der Waals surface area contributed by atoms with Gasteiger partial charge in [0.05, 0.1) is 0 Å². The summed E-state index contributed by atoms with van der Waals surface area (Å²) in [7, 11) is 0. The van der Waals surface area contributed by atoms with Gasteiger partial charge in [0.15, 0.2) is 0 Å². The highest BCUT2D eigenvalue weighted by Crippen LogP contribution is 2.56. The maximum atomic E-state index is 13.6. The second-order valence-electron chi connectivity index (χ2n) is 4.87. The summed E-state index contributed by atoms with van der Waals surface area (Å²) in [6.07, 6.45) is -5.34. The third-order valence-corrected chi connectivity index (χ3v) is 3.18. The topological polar surface area (TPSA) is 0 Å². The molecule has 131 valence electrons. The Morgan fingerprint density at radius 3 is 1.61 bits per heavy atom. The van der Waals surface area contributed by atoms with Crippen molar-refractivity contribution in [3.05, 3.63) is 42.3 Å². The van der Waals surface area contributed by atoms with Gasteiger partial charge in [-0.25, -0.2) is 0 Å². The van der Waals surface area contributed by atoms with Gasteiger partial charge in [-0.15, -0.1) is 0 Å². The molecule has 0 spiro atoms. The van der Waals surface area contributed by atoms with E-state index in [2.05, 4.69) is 6.92 Å². The van der Waals surface area contributed by atoms with Crippen LogP contribution >= 0.6 is 0 Å². The van der Waals surface area contributed by atoms with Gasteiger partial charge in [0.1, 0.15) is 0 Å². The highest BCUT2D eigenvalue weighted by molar-refractivity contribution is 5.28. The molecule has 0 aliphatic heterocycles. The van der Waals surface area contributed by atoms with Crippen molar-refractivity contribution in [2.75, 3.05) is 0 Å². The summed E-state index contributed by atoms with van der Waals surface area (Å²) in [6, 6.07) is 2.78. The monoisotopic (exact) mass is 351 g/mol. The summed E-state index contributed by atoms with van der Waals surface area (Å²) in [5.41, 5.74) is -1.18. The minimum atomic E-state index is -6.88. The molecular weight excluding hydrogens is 339 g/mol. The molecule has 0 amide bonds. The van der Waals surface area contributed by atoms with Gasteiger partial charge in [-0.05, 0) is 18.4 Å². The first-order chi connectivity index (χ1) is 10.3. The molecule has 0 aliphatic carbocycles. The number of hydrogen-bond donors (Lipinski definition) is 0. The highest BCUT2D eigenvalue weighted by atomic mass is 19.4. The molecule has 1 aromatic rings.